The van der Waals surface area contributed by atoms with Crippen molar-refractivity contribution in [2.45, 2.75) is 18.9 Å². The summed E-state index contributed by atoms with van der Waals surface area (Å²) < 4.78 is 8.01. The molecule has 0 unspecified atom stereocenters. The number of benzene rings is 2. The minimum absolute atomic E-state index is 0.0270. The first-order valence-electron chi connectivity index (χ1n) is 10.9. The number of aromatic nitrogens is 2. The van der Waals surface area contributed by atoms with Crippen LogP contribution < -0.4 is 19.6 Å². The van der Waals surface area contributed by atoms with Crippen LogP contribution in [0.15, 0.2) is 88.4 Å². The van der Waals surface area contributed by atoms with E-state index in [9.17, 15) is 4.79 Å². The maximum absolute atomic E-state index is 13.7. The molecule has 0 radical (unpaired) electrons. The van der Waals surface area contributed by atoms with Crippen molar-refractivity contribution in [2.24, 2.45) is 4.99 Å². The van der Waals surface area contributed by atoms with Gasteiger partial charge in [-0.3, -0.25) is 14.3 Å². The Bertz CT molecular complexity index is 1580. The monoisotopic (exact) mass is 451 g/mol. The van der Waals surface area contributed by atoms with Crippen LogP contribution in [0.5, 0.6) is 5.75 Å². The second kappa shape index (κ2) is 7.98. The predicted octanol–water partition coefficient (Wildman–Crippen LogP) is 3.72. The van der Waals surface area contributed by atoms with Crippen molar-refractivity contribution in [2.75, 3.05) is 7.11 Å². The molecule has 33 heavy (non-hydrogen) atoms. The summed E-state index contributed by atoms with van der Waals surface area (Å²) in [5.41, 5.74) is 6.55. The molecule has 2 aromatic heterocycles. The van der Waals surface area contributed by atoms with Crippen molar-refractivity contribution < 1.29 is 4.74 Å². The number of aryl methyl sites for hydroxylation is 1. The maximum Gasteiger partial charge on any atom is 0.271 e. The molecule has 0 spiro atoms. The highest BCUT2D eigenvalue weighted by Crippen LogP contribution is 2.41. The molecule has 0 saturated heterocycles. The highest BCUT2D eigenvalue weighted by Gasteiger charge is 2.32. The number of nitrogens with zero attached hydrogens (tertiary/aromatic N) is 3. The molecule has 2 aliphatic rings. The van der Waals surface area contributed by atoms with E-state index in [0.717, 1.165) is 45.8 Å². The van der Waals surface area contributed by atoms with Crippen LogP contribution >= 0.6 is 11.3 Å². The van der Waals surface area contributed by atoms with Crippen molar-refractivity contribution in [3.05, 3.63) is 121 Å². The summed E-state index contributed by atoms with van der Waals surface area (Å²) in [4.78, 5) is 23.6. The van der Waals surface area contributed by atoms with Gasteiger partial charge in [0.15, 0.2) is 4.80 Å². The molecule has 0 amide bonds. The van der Waals surface area contributed by atoms with Gasteiger partial charge in [0.05, 0.1) is 23.4 Å². The number of rotatable bonds is 3. The Morgan fingerprint density at radius 2 is 2.00 bits per heavy atom. The Labute approximate surface area is 194 Å². The van der Waals surface area contributed by atoms with Gasteiger partial charge in [0.2, 0.25) is 0 Å². The Kier molecular flexibility index (Phi) is 4.80. The number of hydrogen-bond donors (Lipinski definition) is 0. The quantitative estimate of drug-likeness (QED) is 0.477. The molecule has 0 fully saturated rings. The fourth-order valence-corrected chi connectivity index (χ4v) is 5.75. The highest BCUT2D eigenvalue weighted by molar-refractivity contribution is 7.07. The maximum atomic E-state index is 13.7. The molecular weight excluding hydrogens is 430 g/mol. The lowest BCUT2D eigenvalue weighted by Gasteiger charge is -2.31. The summed E-state index contributed by atoms with van der Waals surface area (Å²) in [6.07, 6.45) is 7.19. The lowest BCUT2D eigenvalue weighted by atomic mass is 9.83. The van der Waals surface area contributed by atoms with E-state index in [1.807, 2.05) is 41.0 Å². The number of ether oxygens (including phenoxy) is 1. The molecule has 6 heteroatoms. The van der Waals surface area contributed by atoms with Crippen LogP contribution in [0.3, 0.4) is 0 Å². The Morgan fingerprint density at radius 3 is 2.85 bits per heavy atom. The van der Waals surface area contributed by atoms with E-state index in [1.54, 1.807) is 19.5 Å². The second-order valence-corrected chi connectivity index (χ2v) is 9.19. The van der Waals surface area contributed by atoms with Crippen molar-refractivity contribution in [1.29, 1.82) is 0 Å². The molecule has 162 valence electrons. The number of fused-ring (bicyclic) bond motifs is 3. The minimum Gasteiger partial charge on any atom is -0.497 e. The summed E-state index contributed by atoms with van der Waals surface area (Å²) in [6.45, 7) is 0. The molecule has 0 saturated carbocycles. The van der Waals surface area contributed by atoms with Crippen LogP contribution in [0.1, 0.15) is 34.7 Å². The van der Waals surface area contributed by atoms with Gasteiger partial charge >= 0.3 is 0 Å². The third-order valence-corrected chi connectivity index (χ3v) is 7.25. The Morgan fingerprint density at radius 1 is 1.09 bits per heavy atom. The van der Waals surface area contributed by atoms with E-state index in [-0.39, 0.29) is 11.6 Å². The zero-order valence-electron chi connectivity index (χ0n) is 18.1. The third-order valence-electron chi connectivity index (χ3n) is 6.26. The molecular formula is C27H21N3O2S. The highest BCUT2D eigenvalue weighted by atomic mass is 32.1. The van der Waals surface area contributed by atoms with Gasteiger partial charge in [-0.15, -0.1) is 0 Å². The average Bonchev–Trinajstić information content (AvgIpc) is 3.17. The van der Waals surface area contributed by atoms with Gasteiger partial charge in [-0.2, -0.15) is 0 Å². The van der Waals surface area contributed by atoms with Crippen molar-refractivity contribution in [3.8, 4) is 5.75 Å². The SMILES string of the molecule is COc1cccc([C@@H]2C3=C(N=c4s/c(=C/c5cccnc5)c(=O)n42)c2ccccc2CC3)c1. The molecule has 0 N–H and O–H groups in total. The van der Waals surface area contributed by atoms with E-state index in [2.05, 4.69) is 35.3 Å². The van der Waals surface area contributed by atoms with Crippen LogP contribution in [0, 0.1) is 0 Å². The molecule has 3 heterocycles. The molecule has 2 aromatic carbocycles. The van der Waals surface area contributed by atoms with Gasteiger partial charge < -0.3 is 4.74 Å². The van der Waals surface area contributed by atoms with Crippen molar-refractivity contribution in [1.82, 2.24) is 9.55 Å². The normalized spacial score (nSPS) is 17.1. The average molecular weight is 452 g/mol. The minimum atomic E-state index is -0.212. The van der Waals surface area contributed by atoms with Gasteiger partial charge in [-0.25, -0.2) is 4.99 Å². The number of thiazole rings is 1. The summed E-state index contributed by atoms with van der Waals surface area (Å²) >= 11 is 1.43. The lowest BCUT2D eigenvalue weighted by Crippen LogP contribution is -2.38. The zero-order chi connectivity index (χ0) is 22.4. The number of methoxy groups -OCH3 is 1. The van der Waals surface area contributed by atoms with E-state index in [4.69, 9.17) is 9.73 Å². The zero-order valence-corrected chi connectivity index (χ0v) is 18.9. The number of pyridine rings is 1. The predicted molar refractivity (Wildman–Crippen MR) is 130 cm³/mol. The van der Waals surface area contributed by atoms with Crippen LogP contribution in [0.4, 0.5) is 0 Å². The van der Waals surface area contributed by atoms with Gasteiger partial charge in [0.25, 0.3) is 5.56 Å². The largest absolute Gasteiger partial charge is 0.497 e. The smallest absolute Gasteiger partial charge is 0.271 e. The third kappa shape index (κ3) is 3.34. The summed E-state index contributed by atoms with van der Waals surface area (Å²) in [7, 11) is 1.67. The summed E-state index contributed by atoms with van der Waals surface area (Å²) in [5, 5.41) is 0. The molecule has 1 aliphatic carbocycles. The van der Waals surface area contributed by atoms with Crippen molar-refractivity contribution in [3.63, 3.8) is 0 Å². The van der Waals surface area contributed by atoms with Gasteiger partial charge in [0.1, 0.15) is 5.75 Å². The molecule has 1 aliphatic heterocycles. The van der Waals surface area contributed by atoms with Crippen LogP contribution in [-0.2, 0) is 6.42 Å². The van der Waals surface area contributed by atoms with E-state index in [1.165, 1.54) is 22.5 Å². The number of allylic oxidation sites excluding steroid dienone is 1. The Balaban J connectivity index is 1.64. The van der Waals surface area contributed by atoms with Gasteiger partial charge in [-0.1, -0.05) is 53.8 Å². The fraction of sp³-hybridized carbons (Fsp3) is 0.148. The van der Waals surface area contributed by atoms with Crippen LogP contribution in [0.25, 0.3) is 11.8 Å². The molecule has 4 aromatic rings. The summed E-state index contributed by atoms with van der Waals surface area (Å²) in [6, 6.07) is 20.1. The van der Waals surface area contributed by atoms with E-state index >= 15 is 0 Å². The van der Waals surface area contributed by atoms with Crippen molar-refractivity contribution >= 4 is 23.1 Å². The summed E-state index contributed by atoms with van der Waals surface area (Å²) in [5.74, 6) is 0.778. The first-order chi connectivity index (χ1) is 16.2. The fourth-order valence-electron chi connectivity index (χ4n) is 4.75. The Hall–Kier alpha value is -3.77. The molecule has 5 nitrogen and oxygen atoms in total. The molecule has 1 atom stereocenters. The number of hydrogen-bond acceptors (Lipinski definition) is 5. The van der Waals surface area contributed by atoms with Crippen LogP contribution in [0.2, 0.25) is 0 Å². The van der Waals surface area contributed by atoms with Crippen LogP contribution in [-0.4, -0.2) is 16.7 Å². The first-order valence-corrected chi connectivity index (χ1v) is 11.7. The van der Waals surface area contributed by atoms with Gasteiger partial charge in [0, 0.05) is 18.0 Å². The molecule has 0 bridgehead atoms. The van der Waals surface area contributed by atoms with E-state index in [0.29, 0.717) is 4.53 Å². The first kappa shape index (κ1) is 19.9. The molecule has 6 rings (SSSR count). The van der Waals surface area contributed by atoms with Gasteiger partial charge in [-0.05, 0) is 59.4 Å². The second-order valence-electron chi connectivity index (χ2n) is 8.18. The lowest BCUT2D eigenvalue weighted by molar-refractivity contribution is 0.413. The standard InChI is InChI=1S/C27H21N3O2S/c1-32-20-9-4-8-19(15-20)25-22-12-11-18-7-2-3-10-21(18)24(22)29-27-30(25)26(31)23(33-27)14-17-6-5-13-28-16-17/h2-10,13-16,25H,11-12H2,1H3/b23-14+/t25-/m1/s1. The topological polar surface area (TPSA) is 56.5 Å². The van der Waals surface area contributed by atoms with E-state index < -0.39 is 0 Å².